The van der Waals surface area contributed by atoms with E-state index in [1.54, 1.807) is 0 Å². The van der Waals surface area contributed by atoms with Gasteiger partial charge < -0.3 is 15.2 Å². The van der Waals surface area contributed by atoms with Crippen LogP contribution in [0.4, 0.5) is 11.4 Å². The summed E-state index contributed by atoms with van der Waals surface area (Å²) in [7, 11) is 0. The van der Waals surface area contributed by atoms with Gasteiger partial charge in [-0.05, 0) is 73.9 Å². The summed E-state index contributed by atoms with van der Waals surface area (Å²) in [6.45, 7) is 2.96. The highest BCUT2D eigenvalue weighted by Crippen LogP contribution is 2.24. The molecule has 0 radical (unpaired) electrons. The van der Waals surface area contributed by atoms with E-state index < -0.39 is 0 Å². The maximum absolute atomic E-state index is 6.17. The van der Waals surface area contributed by atoms with Gasteiger partial charge in [0.2, 0.25) is 0 Å². The molecule has 0 saturated heterocycles. The van der Waals surface area contributed by atoms with Gasteiger partial charge in [-0.3, -0.25) is 0 Å². The van der Waals surface area contributed by atoms with Crippen LogP contribution in [-0.4, -0.2) is 19.9 Å². The second-order valence-electron chi connectivity index (χ2n) is 7.02. The minimum atomic E-state index is 0.518. The molecule has 28 heavy (non-hydrogen) atoms. The summed E-state index contributed by atoms with van der Waals surface area (Å²) in [5.74, 6) is 2.04. The lowest BCUT2D eigenvalue weighted by molar-refractivity contribution is 0.636. The molecule has 0 amide bonds. The molecule has 0 bridgehead atoms. The van der Waals surface area contributed by atoms with Gasteiger partial charge in [0.25, 0.3) is 0 Å². The lowest BCUT2D eigenvalue weighted by Crippen LogP contribution is -2.19. The summed E-state index contributed by atoms with van der Waals surface area (Å²) in [5, 5.41) is 16.4. The molecule has 2 N–H and O–H groups in total. The fraction of sp³-hybridized carbons (Fsp3) is 0.286. The van der Waals surface area contributed by atoms with Gasteiger partial charge in [0.05, 0.1) is 0 Å². The number of nitrogens with one attached hydrogen (secondary N) is 2. The van der Waals surface area contributed by atoms with E-state index >= 15 is 0 Å². The number of thiocarbonyl (C=S) groups is 1. The van der Waals surface area contributed by atoms with Crippen molar-refractivity contribution in [2.75, 3.05) is 10.6 Å². The Morgan fingerprint density at radius 1 is 1.00 bits per heavy atom. The molecule has 2 aromatic carbocycles. The van der Waals surface area contributed by atoms with Gasteiger partial charge in [-0.1, -0.05) is 24.1 Å². The molecule has 0 unspecified atom stereocenters. The van der Waals surface area contributed by atoms with Gasteiger partial charge in [-0.2, -0.15) is 0 Å². The summed E-state index contributed by atoms with van der Waals surface area (Å²) >= 11 is 11.6. The van der Waals surface area contributed by atoms with Crippen LogP contribution < -0.4 is 10.6 Å². The Kier molecular flexibility index (Phi) is 5.59. The van der Waals surface area contributed by atoms with Gasteiger partial charge >= 0.3 is 0 Å². The number of nitrogens with zero attached hydrogens (tertiary/aromatic N) is 3. The third-order valence-corrected chi connectivity index (χ3v) is 5.55. The van der Waals surface area contributed by atoms with Crippen LogP contribution in [0.2, 0.25) is 5.02 Å². The van der Waals surface area contributed by atoms with Crippen LogP contribution in [-0.2, 0) is 13.0 Å². The van der Waals surface area contributed by atoms with Crippen molar-refractivity contribution in [2.24, 2.45) is 0 Å². The molecule has 0 spiro atoms. The molecule has 1 aromatic heterocycles. The lowest BCUT2D eigenvalue weighted by Gasteiger charge is -2.12. The van der Waals surface area contributed by atoms with E-state index in [2.05, 4.69) is 37.5 Å². The molecule has 7 heteroatoms. The summed E-state index contributed by atoms with van der Waals surface area (Å²) in [6, 6.07) is 13.9. The van der Waals surface area contributed by atoms with E-state index in [0.29, 0.717) is 10.1 Å². The first-order valence-electron chi connectivity index (χ1n) is 9.47. The molecule has 5 nitrogen and oxygen atoms in total. The maximum Gasteiger partial charge on any atom is 0.175 e. The Bertz CT molecular complexity index is 997. The van der Waals surface area contributed by atoms with Crippen LogP contribution in [0.5, 0.6) is 0 Å². The Labute approximate surface area is 175 Å². The van der Waals surface area contributed by atoms with Crippen molar-refractivity contribution in [1.29, 1.82) is 0 Å². The van der Waals surface area contributed by atoms with Gasteiger partial charge in [-0.15, -0.1) is 10.2 Å². The highest BCUT2D eigenvalue weighted by molar-refractivity contribution is 7.80. The van der Waals surface area contributed by atoms with Crippen LogP contribution in [0.3, 0.4) is 0 Å². The Balaban J connectivity index is 1.44. The van der Waals surface area contributed by atoms with E-state index in [1.165, 1.54) is 19.3 Å². The summed E-state index contributed by atoms with van der Waals surface area (Å²) < 4.78 is 2.25. The molecule has 1 aliphatic rings. The average Bonchev–Trinajstić information content (AvgIpc) is 2.93. The molecular weight excluding hydrogens is 390 g/mol. The zero-order valence-corrected chi connectivity index (χ0v) is 17.3. The van der Waals surface area contributed by atoms with Gasteiger partial charge in [0.15, 0.2) is 10.9 Å². The monoisotopic (exact) mass is 411 g/mol. The SMILES string of the molecule is Cc1ccc(NC(=S)Nc2ccc(-c3nnc4n3CCCCC4)cc2)cc1Cl. The fourth-order valence-electron chi connectivity index (χ4n) is 3.37. The zero-order chi connectivity index (χ0) is 19.5. The standard InChI is InChI=1S/C21H22ClN5S/c1-14-6-9-17(13-18(14)22)24-21(28)23-16-10-7-15(8-11-16)20-26-25-19-5-3-2-4-12-27(19)20/h6-11,13H,2-5,12H2,1H3,(H2,23,24,28). The maximum atomic E-state index is 6.17. The minimum Gasteiger partial charge on any atom is -0.332 e. The number of rotatable bonds is 3. The smallest absolute Gasteiger partial charge is 0.175 e. The summed E-state index contributed by atoms with van der Waals surface area (Å²) in [4.78, 5) is 0. The first-order valence-corrected chi connectivity index (χ1v) is 10.3. The van der Waals surface area contributed by atoms with Crippen LogP contribution in [0, 0.1) is 6.92 Å². The van der Waals surface area contributed by atoms with Crippen LogP contribution in [0.15, 0.2) is 42.5 Å². The minimum absolute atomic E-state index is 0.518. The summed E-state index contributed by atoms with van der Waals surface area (Å²) in [5.41, 5.74) is 3.87. The number of fused-ring (bicyclic) bond motifs is 1. The molecule has 1 aliphatic heterocycles. The number of hydrogen-bond acceptors (Lipinski definition) is 3. The Morgan fingerprint density at radius 2 is 1.75 bits per heavy atom. The third-order valence-electron chi connectivity index (χ3n) is 4.94. The quantitative estimate of drug-likeness (QED) is 0.562. The van der Waals surface area contributed by atoms with E-state index in [9.17, 15) is 0 Å². The van der Waals surface area contributed by atoms with E-state index in [-0.39, 0.29) is 0 Å². The van der Waals surface area contributed by atoms with Crippen molar-refractivity contribution in [3.63, 3.8) is 0 Å². The normalized spacial score (nSPS) is 13.5. The predicted molar refractivity (Wildman–Crippen MR) is 119 cm³/mol. The number of aryl methyl sites for hydroxylation is 2. The van der Waals surface area contributed by atoms with Crippen LogP contribution in [0.1, 0.15) is 30.7 Å². The molecule has 4 rings (SSSR count). The van der Waals surface area contributed by atoms with Crippen LogP contribution >= 0.6 is 23.8 Å². The van der Waals surface area contributed by atoms with Crippen molar-refractivity contribution in [3.8, 4) is 11.4 Å². The second-order valence-corrected chi connectivity index (χ2v) is 7.84. The lowest BCUT2D eigenvalue weighted by atomic mass is 10.2. The Hall–Kier alpha value is -2.44. The van der Waals surface area contributed by atoms with Crippen molar-refractivity contribution in [3.05, 3.63) is 58.9 Å². The van der Waals surface area contributed by atoms with Gasteiger partial charge in [-0.25, -0.2) is 0 Å². The van der Waals surface area contributed by atoms with Crippen LogP contribution in [0.25, 0.3) is 11.4 Å². The van der Waals surface area contributed by atoms with E-state index in [4.69, 9.17) is 23.8 Å². The molecule has 3 aromatic rings. The molecule has 2 heterocycles. The predicted octanol–water partition coefficient (Wildman–Crippen LogP) is 5.44. The average molecular weight is 412 g/mol. The van der Waals surface area contributed by atoms with Crippen molar-refractivity contribution in [1.82, 2.24) is 14.8 Å². The first kappa shape index (κ1) is 18.9. The molecule has 0 aliphatic carbocycles. The number of anilines is 2. The highest BCUT2D eigenvalue weighted by Gasteiger charge is 2.15. The topological polar surface area (TPSA) is 54.8 Å². The molecule has 0 fully saturated rings. The Morgan fingerprint density at radius 3 is 2.54 bits per heavy atom. The fourth-order valence-corrected chi connectivity index (χ4v) is 3.78. The second kappa shape index (κ2) is 8.29. The largest absolute Gasteiger partial charge is 0.332 e. The third kappa shape index (κ3) is 4.18. The molecule has 0 saturated carbocycles. The number of aromatic nitrogens is 3. The van der Waals surface area contributed by atoms with E-state index in [0.717, 1.165) is 47.1 Å². The first-order chi connectivity index (χ1) is 13.6. The number of halogens is 1. The highest BCUT2D eigenvalue weighted by atomic mass is 35.5. The molecule has 144 valence electrons. The molecule has 0 atom stereocenters. The zero-order valence-electron chi connectivity index (χ0n) is 15.7. The van der Waals surface area contributed by atoms with Crippen molar-refractivity contribution in [2.45, 2.75) is 39.2 Å². The molecular formula is C21H22ClN5S. The summed E-state index contributed by atoms with van der Waals surface area (Å²) in [6.07, 6.45) is 4.64. The van der Waals surface area contributed by atoms with E-state index in [1.807, 2.05) is 37.3 Å². The van der Waals surface area contributed by atoms with Gasteiger partial charge in [0.1, 0.15) is 5.82 Å². The number of hydrogen-bond donors (Lipinski definition) is 2. The van der Waals surface area contributed by atoms with Crippen molar-refractivity contribution < 1.29 is 0 Å². The van der Waals surface area contributed by atoms with Gasteiger partial charge in [0, 0.05) is 34.9 Å². The number of benzene rings is 2. The van der Waals surface area contributed by atoms with Crippen molar-refractivity contribution >= 4 is 40.3 Å².